The van der Waals surface area contributed by atoms with Gasteiger partial charge in [-0.3, -0.25) is 9.59 Å². The largest absolute Gasteiger partial charge is 0.375 e. The lowest BCUT2D eigenvalue weighted by molar-refractivity contribution is -0.114. The Morgan fingerprint density at radius 1 is 1.04 bits per heavy atom. The van der Waals surface area contributed by atoms with Crippen molar-refractivity contribution in [2.45, 2.75) is 12.8 Å². The van der Waals surface area contributed by atoms with E-state index in [4.69, 9.17) is 23.2 Å². The monoisotopic (exact) mass is 391 g/mol. The minimum atomic E-state index is -0.234. The molecule has 0 spiro atoms. The second-order valence-corrected chi connectivity index (χ2v) is 6.95. The fourth-order valence-electron chi connectivity index (χ4n) is 2.85. The molecule has 5 nitrogen and oxygen atoms in total. The Kier molecular flexibility index (Phi) is 6.01. The minimum Gasteiger partial charge on any atom is -0.375 e. The van der Waals surface area contributed by atoms with Crippen LogP contribution in [0.15, 0.2) is 42.5 Å². The maximum absolute atomic E-state index is 12.4. The summed E-state index contributed by atoms with van der Waals surface area (Å²) in [5.74, 6) is -0.230. The highest BCUT2D eigenvalue weighted by Gasteiger charge is 2.19. The van der Waals surface area contributed by atoms with E-state index in [2.05, 4.69) is 10.6 Å². The molecule has 26 heavy (non-hydrogen) atoms. The third-order valence-corrected chi connectivity index (χ3v) is 4.70. The van der Waals surface area contributed by atoms with Crippen LogP contribution in [0.3, 0.4) is 0 Å². The van der Waals surface area contributed by atoms with Gasteiger partial charge in [0.05, 0.1) is 17.3 Å². The van der Waals surface area contributed by atoms with Crippen LogP contribution in [0.2, 0.25) is 10.0 Å². The summed E-state index contributed by atoms with van der Waals surface area (Å²) < 4.78 is 0. The first-order valence-electron chi connectivity index (χ1n) is 8.41. The summed E-state index contributed by atoms with van der Waals surface area (Å²) in [4.78, 5) is 26.4. The number of carbonyl (C=O) groups excluding carboxylic acids is 2. The second-order valence-electron chi connectivity index (χ2n) is 6.11. The molecule has 0 aliphatic carbocycles. The second kappa shape index (κ2) is 8.43. The fraction of sp³-hybridized carbons (Fsp3) is 0.263. The summed E-state index contributed by atoms with van der Waals surface area (Å²) in [6.07, 6.45) is 2.09. The van der Waals surface area contributed by atoms with Crippen molar-refractivity contribution in [2.75, 3.05) is 30.3 Å². The molecule has 1 aliphatic rings. The Bertz CT molecular complexity index is 820. The zero-order valence-corrected chi connectivity index (χ0v) is 15.6. The summed E-state index contributed by atoms with van der Waals surface area (Å²) in [6.45, 7) is 1.63. The molecule has 0 aromatic heterocycles. The standard InChI is InChI=1S/C19H19Cl2N3O2/c20-14-6-7-17(16(21)11-14)22-12-18(25)23-15-5-3-4-13(10-15)19(26)24-8-1-2-9-24/h3-7,10-11,22H,1-2,8-9,12H2,(H,23,25). The maximum Gasteiger partial charge on any atom is 0.253 e. The summed E-state index contributed by atoms with van der Waals surface area (Å²) >= 11 is 11.9. The minimum absolute atomic E-state index is 0.00432. The number of halogens is 2. The predicted octanol–water partition coefficient (Wildman–Crippen LogP) is 4.28. The Morgan fingerprint density at radius 3 is 2.54 bits per heavy atom. The van der Waals surface area contributed by atoms with Crippen molar-refractivity contribution < 1.29 is 9.59 Å². The zero-order valence-electron chi connectivity index (χ0n) is 14.1. The average Bonchev–Trinajstić information content (AvgIpc) is 3.15. The lowest BCUT2D eigenvalue weighted by atomic mass is 10.1. The molecule has 7 heteroatoms. The highest BCUT2D eigenvalue weighted by Crippen LogP contribution is 2.25. The number of hydrogen-bond acceptors (Lipinski definition) is 3. The number of anilines is 2. The van der Waals surface area contributed by atoms with E-state index < -0.39 is 0 Å². The van der Waals surface area contributed by atoms with Crippen LogP contribution < -0.4 is 10.6 Å². The number of carbonyl (C=O) groups is 2. The lowest BCUT2D eigenvalue weighted by Gasteiger charge is -2.16. The van der Waals surface area contributed by atoms with Crippen molar-refractivity contribution in [2.24, 2.45) is 0 Å². The molecule has 2 aromatic rings. The van der Waals surface area contributed by atoms with Crippen LogP contribution in [0.1, 0.15) is 23.2 Å². The first-order chi connectivity index (χ1) is 12.5. The Labute approximate surface area is 162 Å². The average molecular weight is 392 g/mol. The van der Waals surface area contributed by atoms with Gasteiger partial charge in [-0.25, -0.2) is 0 Å². The highest BCUT2D eigenvalue weighted by atomic mass is 35.5. The number of amides is 2. The summed E-state index contributed by atoms with van der Waals surface area (Å²) in [6, 6.07) is 12.0. The molecular weight excluding hydrogens is 373 g/mol. The van der Waals surface area contributed by atoms with E-state index in [1.807, 2.05) is 4.90 Å². The van der Waals surface area contributed by atoms with Gasteiger partial charge in [0.15, 0.2) is 0 Å². The van der Waals surface area contributed by atoms with Gasteiger partial charge >= 0.3 is 0 Å². The summed E-state index contributed by atoms with van der Waals surface area (Å²) in [5.41, 5.74) is 1.80. The number of nitrogens with one attached hydrogen (secondary N) is 2. The molecule has 2 aromatic carbocycles. The van der Waals surface area contributed by atoms with Crippen molar-refractivity contribution in [3.8, 4) is 0 Å². The third kappa shape index (κ3) is 4.68. The SMILES string of the molecule is O=C(CNc1ccc(Cl)cc1Cl)Nc1cccc(C(=O)N2CCCC2)c1. The highest BCUT2D eigenvalue weighted by molar-refractivity contribution is 6.36. The fourth-order valence-corrected chi connectivity index (χ4v) is 3.32. The number of nitrogens with zero attached hydrogens (tertiary/aromatic N) is 1. The van der Waals surface area contributed by atoms with Crippen LogP contribution in [0, 0.1) is 0 Å². The lowest BCUT2D eigenvalue weighted by Crippen LogP contribution is -2.27. The predicted molar refractivity (Wildman–Crippen MR) is 105 cm³/mol. The molecular formula is C19H19Cl2N3O2. The van der Waals surface area contributed by atoms with Crippen LogP contribution in [0.4, 0.5) is 11.4 Å². The molecule has 0 radical (unpaired) electrons. The molecule has 1 fully saturated rings. The molecule has 1 saturated heterocycles. The van der Waals surface area contributed by atoms with E-state index in [1.165, 1.54) is 0 Å². The van der Waals surface area contributed by atoms with Gasteiger partial charge in [-0.2, -0.15) is 0 Å². The zero-order chi connectivity index (χ0) is 18.5. The molecule has 0 atom stereocenters. The van der Waals surface area contributed by atoms with Crippen LogP contribution in [0.25, 0.3) is 0 Å². The van der Waals surface area contributed by atoms with E-state index >= 15 is 0 Å². The van der Waals surface area contributed by atoms with Gasteiger partial charge in [0.2, 0.25) is 5.91 Å². The van der Waals surface area contributed by atoms with Gasteiger partial charge in [0.1, 0.15) is 0 Å². The molecule has 0 bridgehead atoms. The van der Waals surface area contributed by atoms with Crippen molar-refractivity contribution in [3.05, 3.63) is 58.1 Å². The van der Waals surface area contributed by atoms with Crippen LogP contribution in [-0.2, 0) is 4.79 Å². The third-order valence-electron chi connectivity index (χ3n) is 4.16. The van der Waals surface area contributed by atoms with Gasteiger partial charge in [-0.1, -0.05) is 29.3 Å². The Morgan fingerprint density at radius 2 is 1.81 bits per heavy atom. The van der Waals surface area contributed by atoms with E-state index in [1.54, 1.807) is 42.5 Å². The van der Waals surface area contributed by atoms with Gasteiger partial charge in [0.25, 0.3) is 5.91 Å². The van der Waals surface area contributed by atoms with Gasteiger partial charge in [-0.15, -0.1) is 0 Å². The Balaban J connectivity index is 1.58. The quantitative estimate of drug-likeness (QED) is 0.799. The molecule has 0 saturated carbocycles. The van der Waals surface area contributed by atoms with Crippen molar-refractivity contribution in [3.63, 3.8) is 0 Å². The number of rotatable bonds is 5. The maximum atomic E-state index is 12.4. The topological polar surface area (TPSA) is 61.4 Å². The summed E-state index contributed by atoms with van der Waals surface area (Å²) in [5, 5.41) is 6.73. The van der Waals surface area contributed by atoms with Gasteiger partial charge < -0.3 is 15.5 Å². The van der Waals surface area contributed by atoms with Crippen LogP contribution in [0.5, 0.6) is 0 Å². The van der Waals surface area contributed by atoms with Crippen LogP contribution in [-0.4, -0.2) is 36.3 Å². The van der Waals surface area contributed by atoms with E-state index in [-0.39, 0.29) is 18.4 Å². The van der Waals surface area contributed by atoms with Crippen LogP contribution >= 0.6 is 23.2 Å². The van der Waals surface area contributed by atoms with Gasteiger partial charge in [-0.05, 0) is 49.2 Å². The van der Waals surface area contributed by atoms with Gasteiger partial charge in [0, 0.05) is 29.4 Å². The van der Waals surface area contributed by atoms with E-state index in [0.29, 0.717) is 27.0 Å². The van der Waals surface area contributed by atoms with Crippen molar-refractivity contribution >= 4 is 46.4 Å². The van der Waals surface area contributed by atoms with Crippen molar-refractivity contribution in [1.29, 1.82) is 0 Å². The molecule has 136 valence electrons. The first-order valence-corrected chi connectivity index (χ1v) is 9.16. The molecule has 2 amide bonds. The number of benzene rings is 2. The molecule has 2 N–H and O–H groups in total. The molecule has 1 aliphatic heterocycles. The normalized spacial score (nSPS) is 13.5. The Hall–Kier alpha value is -2.24. The van der Waals surface area contributed by atoms with E-state index in [9.17, 15) is 9.59 Å². The summed E-state index contributed by atoms with van der Waals surface area (Å²) in [7, 11) is 0. The number of hydrogen-bond donors (Lipinski definition) is 2. The molecule has 0 unspecified atom stereocenters. The van der Waals surface area contributed by atoms with E-state index in [0.717, 1.165) is 25.9 Å². The molecule has 1 heterocycles. The first kappa shape index (κ1) is 18.5. The molecule has 3 rings (SSSR count). The van der Waals surface area contributed by atoms with Crippen molar-refractivity contribution in [1.82, 2.24) is 4.90 Å². The number of likely N-dealkylation sites (tertiary alicyclic amines) is 1. The smallest absolute Gasteiger partial charge is 0.253 e.